The molecule has 0 aromatic heterocycles. The third-order valence-corrected chi connectivity index (χ3v) is 2.36. The van der Waals surface area contributed by atoms with E-state index in [4.69, 9.17) is 9.47 Å². The van der Waals surface area contributed by atoms with Gasteiger partial charge < -0.3 is 14.6 Å². The zero-order valence-electron chi connectivity index (χ0n) is 9.70. The zero-order valence-corrected chi connectivity index (χ0v) is 9.70. The minimum Gasteiger partial charge on any atom is -0.421 e. The Morgan fingerprint density at radius 3 is 2.12 bits per heavy atom. The highest BCUT2D eigenvalue weighted by molar-refractivity contribution is 6.05. The fourth-order valence-electron chi connectivity index (χ4n) is 1.35. The first kappa shape index (κ1) is 12.7. The molecule has 0 amide bonds. The summed E-state index contributed by atoms with van der Waals surface area (Å²) in [6.07, 6.45) is 0.392. The summed E-state index contributed by atoms with van der Waals surface area (Å²) in [7, 11) is 0. The fraction of sp³-hybridized carbons (Fsp3) is 0.636. The molecule has 0 unspecified atom stereocenters. The summed E-state index contributed by atoms with van der Waals surface area (Å²) in [5.41, 5.74) is -1.67. The lowest BCUT2D eigenvalue weighted by Crippen LogP contribution is -2.58. The molecule has 0 saturated carbocycles. The summed E-state index contributed by atoms with van der Waals surface area (Å²) in [6, 6.07) is 0. The van der Waals surface area contributed by atoms with Crippen molar-refractivity contribution in [2.75, 3.05) is 0 Å². The van der Waals surface area contributed by atoms with Gasteiger partial charge in [0.05, 0.1) is 0 Å². The van der Waals surface area contributed by atoms with Crippen LogP contribution in [0.4, 0.5) is 0 Å². The average Bonchev–Trinajstić information content (AvgIpc) is 2.13. The molecule has 0 atom stereocenters. The van der Waals surface area contributed by atoms with E-state index in [-0.39, 0.29) is 6.42 Å². The monoisotopic (exact) mass is 228 g/mol. The Bertz CT molecular complexity index is 322. The summed E-state index contributed by atoms with van der Waals surface area (Å²) in [4.78, 5) is 23.2. The maximum Gasteiger partial charge on any atom is 0.353 e. The van der Waals surface area contributed by atoms with E-state index in [2.05, 4.69) is 6.58 Å². The molecular formula is C11H16O5. The van der Waals surface area contributed by atoms with E-state index in [1.54, 1.807) is 0 Å². The topological polar surface area (TPSA) is 72.8 Å². The van der Waals surface area contributed by atoms with Gasteiger partial charge in [0.1, 0.15) is 0 Å². The van der Waals surface area contributed by atoms with Crippen molar-refractivity contribution in [1.82, 2.24) is 0 Å². The zero-order chi connectivity index (χ0) is 12.6. The molecule has 0 aromatic carbocycles. The maximum atomic E-state index is 11.6. The summed E-state index contributed by atoms with van der Waals surface area (Å²) in [5, 5.41) is 9.93. The van der Waals surface area contributed by atoms with Gasteiger partial charge in [-0.15, -0.1) is 0 Å². The van der Waals surface area contributed by atoms with Gasteiger partial charge in [-0.2, -0.15) is 0 Å². The molecule has 1 rings (SSSR count). The summed E-state index contributed by atoms with van der Waals surface area (Å²) >= 11 is 0. The highest BCUT2D eigenvalue weighted by Crippen LogP contribution is 2.30. The first-order valence-corrected chi connectivity index (χ1v) is 5.07. The number of hydrogen-bond acceptors (Lipinski definition) is 5. The van der Waals surface area contributed by atoms with Gasteiger partial charge in [-0.05, 0) is 6.42 Å². The van der Waals surface area contributed by atoms with Crippen molar-refractivity contribution in [3.63, 3.8) is 0 Å². The summed E-state index contributed by atoms with van der Waals surface area (Å²) in [6.45, 7) is 8.31. The second-order valence-electron chi connectivity index (χ2n) is 4.32. The van der Waals surface area contributed by atoms with E-state index in [9.17, 15) is 14.7 Å². The van der Waals surface area contributed by atoms with E-state index in [0.717, 1.165) is 0 Å². The number of carbonyl (C=O) groups excluding carboxylic acids is 2. The standard InChI is InChI=1S/C11H16O5/c1-5-7(2)6-11(14)8(12)15-10(3,4)16-9(11)13/h14H,2,5-6H2,1,3-4H3. The molecule has 5 heteroatoms. The Kier molecular flexibility index (Phi) is 3.10. The Morgan fingerprint density at radius 1 is 1.31 bits per heavy atom. The van der Waals surface area contributed by atoms with Gasteiger partial charge in [0.15, 0.2) is 0 Å². The first-order valence-electron chi connectivity index (χ1n) is 5.07. The first-order chi connectivity index (χ1) is 7.21. The molecule has 0 bridgehead atoms. The summed E-state index contributed by atoms with van der Waals surface area (Å²) in [5.74, 6) is -3.29. The van der Waals surface area contributed by atoms with Gasteiger partial charge in [-0.1, -0.05) is 19.1 Å². The molecule has 0 aromatic rings. The van der Waals surface area contributed by atoms with Gasteiger partial charge in [-0.25, -0.2) is 9.59 Å². The van der Waals surface area contributed by atoms with E-state index < -0.39 is 23.3 Å². The Hall–Kier alpha value is -1.36. The fourth-order valence-corrected chi connectivity index (χ4v) is 1.35. The summed E-state index contributed by atoms with van der Waals surface area (Å²) < 4.78 is 9.66. The smallest absolute Gasteiger partial charge is 0.353 e. The van der Waals surface area contributed by atoms with Crippen LogP contribution in [0, 0.1) is 0 Å². The van der Waals surface area contributed by atoms with Crippen molar-refractivity contribution in [3.8, 4) is 0 Å². The van der Waals surface area contributed by atoms with Crippen molar-refractivity contribution in [1.29, 1.82) is 0 Å². The second-order valence-corrected chi connectivity index (χ2v) is 4.32. The molecule has 1 aliphatic rings. The number of ether oxygens (including phenoxy) is 2. The number of aliphatic hydroxyl groups is 1. The van der Waals surface area contributed by atoms with Crippen LogP contribution in [-0.2, 0) is 19.1 Å². The Labute approximate surface area is 94.0 Å². The molecule has 0 aliphatic carbocycles. The number of rotatable bonds is 3. The molecular weight excluding hydrogens is 212 g/mol. The Balaban J connectivity index is 2.92. The predicted octanol–water partition coefficient (Wildman–Crippen LogP) is 0.910. The number of esters is 2. The molecule has 1 saturated heterocycles. The van der Waals surface area contributed by atoms with Crippen LogP contribution in [0.2, 0.25) is 0 Å². The van der Waals surface area contributed by atoms with Crippen LogP contribution in [-0.4, -0.2) is 28.4 Å². The minimum atomic E-state index is -2.25. The van der Waals surface area contributed by atoms with E-state index >= 15 is 0 Å². The molecule has 1 heterocycles. The normalized spacial score (nSPS) is 22.2. The Morgan fingerprint density at radius 2 is 1.75 bits per heavy atom. The largest absolute Gasteiger partial charge is 0.421 e. The van der Waals surface area contributed by atoms with Crippen LogP contribution in [0.1, 0.15) is 33.6 Å². The quantitative estimate of drug-likeness (QED) is 0.441. The van der Waals surface area contributed by atoms with Gasteiger partial charge in [0.2, 0.25) is 0 Å². The number of hydrogen-bond donors (Lipinski definition) is 1. The SMILES string of the molecule is C=C(CC)CC1(O)C(=O)OC(C)(C)OC1=O. The van der Waals surface area contributed by atoms with Gasteiger partial charge in [0, 0.05) is 20.3 Å². The van der Waals surface area contributed by atoms with Crippen molar-refractivity contribution in [3.05, 3.63) is 12.2 Å². The van der Waals surface area contributed by atoms with Crippen molar-refractivity contribution in [2.24, 2.45) is 0 Å². The molecule has 16 heavy (non-hydrogen) atoms. The highest BCUT2D eigenvalue weighted by atomic mass is 16.8. The van der Waals surface area contributed by atoms with Crippen LogP contribution in [0.3, 0.4) is 0 Å². The van der Waals surface area contributed by atoms with E-state index in [0.29, 0.717) is 12.0 Å². The lowest BCUT2D eigenvalue weighted by Gasteiger charge is -2.37. The third kappa shape index (κ3) is 2.24. The van der Waals surface area contributed by atoms with Crippen LogP contribution in [0.5, 0.6) is 0 Å². The maximum absolute atomic E-state index is 11.6. The van der Waals surface area contributed by atoms with Crippen molar-refractivity contribution < 1.29 is 24.2 Å². The van der Waals surface area contributed by atoms with Crippen LogP contribution >= 0.6 is 0 Å². The van der Waals surface area contributed by atoms with Crippen molar-refractivity contribution in [2.45, 2.75) is 45.0 Å². The van der Waals surface area contributed by atoms with Crippen molar-refractivity contribution >= 4 is 11.9 Å². The van der Waals surface area contributed by atoms with E-state index in [1.165, 1.54) is 13.8 Å². The second kappa shape index (κ2) is 3.90. The molecule has 90 valence electrons. The molecule has 1 N–H and O–H groups in total. The molecule has 1 aliphatic heterocycles. The predicted molar refractivity (Wildman–Crippen MR) is 55.3 cm³/mol. The lowest BCUT2D eigenvalue weighted by molar-refractivity contribution is -0.259. The van der Waals surface area contributed by atoms with E-state index in [1.807, 2.05) is 6.92 Å². The molecule has 5 nitrogen and oxygen atoms in total. The lowest BCUT2D eigenvalue weighted by atomic mass is 9.93. The van der Waals surface area contributed by atoms with Gasteiger partial charge in [0.25, 0.3) is 11.4 Å². The highest BCUT2D eigenvalue weighted by Gasteiger charge is 2.55. The number of carbonyl (C=O) groups is 2. The van der Waals surface area contributed by atoms with Crippen LogP contribution in [0.25, 0.3) is 0 Å². The molecule has 0 spiro atoms. The van der Waals surface area contributed by atoms with Gasteiger partial charge in [-0.3, -0.25) is 0 Å². The molecule has 1 fully saturated rings. The third-order valence-electron chi connectivity index (χ3n) is 2.36. The average molecular weight is 228 g/mol. The minimum absolute atomic E-state index is 0.169. The van der Waals surface area contributed by atoms with Crippen LogP contribution in [0.15, 0.2) is 12.2 Å². The van der Waals surface area contributed by atoms with Gasteiger partial charge >= 0.3 is 11.9 Å². The van der Waals surface area contributed by atoms with Crippen LogP contribution < -0.4 is 0 Å². The number of cyclic esters (lactones) is 2. The molecule has 0 radical (unpaired) electrons.